The number of aryl methyl sites for hydroxylation is 1. The van der Waals surface area contributed by atoms with Crippen molar-refractivity contribution in [1.29, 1.82) is 5.41 Å². The second-order valence-corrected chi connectivity index (χ2v) is 4.67. The summed E-state index contributed by atoms with van der Waals surface area (Å²) in [5, 5.41) is 8.66. The Morgan fingerprint density at radius 1 is 1.37 bits per heavy atom. The number of nitrogens with zero attached hydrogens (tertiary/aromatic N) is 3. The minimum Gasteiger partial charge on any atom is -0.301 e. The second-order valence-electron chi connectivity index (χ2n) is 4.28. The number of halogens is 1. The highest BCUT2D eigenvalue weighted by atomic mass is 35.5. The largest absolute Gasteiger partial charge is 0.301 e. The molecule has 0 radical (unpaired) electrons. The predicted molar refractivity (Wildman–Crippen MR) is 75.9 cm³/mol. The SMILES string of the molecule is CCC(C(=N)c1nc(C)cc(Cl)n1)c1ccccn1. The summed E-state index contributed by atoms with van der Waals surface area (Å²) in [5.41, 5.74) is 1.97. The highest BCUT2D eigenvalue weighted by molar-refractivity contribution is 6.29. The number of rotatable bonds is 4. The van der Waals surface area contributed by atoms with Gasteiger partial charge in [0.15, 0.2) is 5.82 Å². The van der Waals surface area contributed by atoms with Gasteiger partial charge in [0.1, 0.15) is 5.15 Å². The molecule has 0 amide bonds. The van der Waals surface area contributed by atoms with E-state index in [0.29, 0.717) is 16.7 Å². The highest BCUT2D eigenvalue weighted by Gasteiger charge is 2.20. The van der Waals surface area contributed by atoms with Crippen molar-refractivity contribution in [3.05, 3.63) is 52.8 Å². The van der Waals surface area contributed by atoms with E-state index in [-0.39, 0.29) is 5.92 Å². The molecule has 0 fully saturated rings. The lowest BCUT2D eigenvalue weighted by Crippen LogP contribution is -2.17. The molecule has 1 atom stereocenters. The van der Waals surface area contributed by atoms with Crippen LogP contribution in [0.3, 0.4) is 0 Å². The zero-order chi connectivity index (χ0) is 13.8. The van der Waals surface area contributed by atoms with Crippen molar-refractivity contribution in [2.75, 3.05) is 0 Å². The van der Waals surface area contributed by atoms with Crippen LogP contribution in [0.5, 0.6) is 0 Å². The molecule has 0 saturated carbocycles. The molecule has 2 rings (SSSR count). The lowest BCUT2D eigenvalue weighted by atomic mass is 9.95. The van der Waals surface area contributed by atoms with Crippen LogP contribution in [0.2, 0.25) is 5.15 Å². The van der Waals surface area contributed by atoms with Crippen LogP contribution in [0, 0.1) is 12.3 Å². The van der Waals surface area contributed by atoms with Gasteiger partial charge in [-0.2, -0.15) is 0 Å². The number of hydrogen-bond acceptors (Lipinski definition) is 4. The van der Waals surface area contributed by atoms with Crippen LogP contribution in [-0.2, 0) is 0 Å². The third-order valence-electron chi connectivity index (χ3n) is 2.87. The summed E-state index contributed by atoms with van der Waals surface area (Å²) >= 11 is 5.92. The van der Waals surface area contributed by atoms with Gasteiger partial charge in [0, 0.05) is 23.5 Å². The minimum absolute atomic E-state index is 0.112. The third kappa shape index (κ3) is 3.15. The molecule has 1 unspecified atom stereocenters. The molecular weight excluding hydrogens is 260 g/mol. The number of aromatic nitrogens is 3. The molecule has 1 N–H and O–H groups in total. The lowest BCUT2D eigenvalue weighted by Gasteiger charge is -2.15. The zero-order valence-electron chi connectivity index (χ0n) is 10.9. The maximum Gasteiger partial charge on any atom is 0.175 e. The smallest absolute Gasteiger partial charge is 0.175 e. The first-order valence-corrected chi connectivity index (χ1v) is 6.50. The standard InChI is InChI=1S/C14H15ClN4/c1-3-10(11-6-4-5-7-17-11)13(16)14-18-9(2)8-12(15)19-14/h4-8,10,16H,3H2,1-2H3. The molecule has 2 aromatic rings. The van der Waals surface area contributed by atoms with Gasteiger partial charge in [-0.05, 0) is 31.5 Å². The first kappa shape index (κ1) is 13.6. The topological polar surface area (TPSA) is 62.5 Å². The average Bonchev–Trinajstić information content (AvgIpc) is 2.39. The Morgan fingerprint density at radius 3 is 2.74 bits per heavy atom. The molecule has 0 aromatic carbocycles. The van der Waals surface area contributed by atoms with Crippen LogP contribution in [0.1, 0.15) is 36.5 Å². The van der Waals surface area contributed by atoms with Crippen molar-refractivity contribution < 1.29 is 0 Å². The molecule has 0 aliphatic carbocycles. The van der Waals surface area contributed by atoms with E-state index in [1.165, 1.54) is 0 Å². The molecule has 2 aromatic heterocycles. The number of pyridine rings is 1. The highest BCUT2D eigenvalue weighted by Crippen LogP contribution is 2.21. The van der Waals surface area contributed by atoms with E-state index in [4.69, 9.17) is 17.0 Å². The fraction of sp³-hybridized carbons (Fsp3) is 0.286. The van der Waals surface area contributed by atoms with Crippen molar-refractivity contribution in [1.82, 2.24) is 15.0 Å². The molecule has 98 valence electrons. The summed E-state index contributed by atoms with van der Waals surface area (Å²) in [7, 11) is 0. The molecule has 0 aliphatic heterocycles. The lowest BCUT2D eigenvalue weighted by molar-refractivity contribution is 0.798. The van der Waals surface area contributed by atoms with Gasteiger partial charge in [-0.15, -0.1) is 0 Å². The van der Waals surface area contributed by atoms with Crippen molar-refractivity contribution in [3.63, 3.8) is 0 Å². The van der Waals surface area contributed by atoms with E-state index in [1.807, 2.05) is 32.0 Å². The maximum atomic E-state index is 8.29. The normalized spacial score (nSPS) is 12.2. The van der Waals surface area contributed by atoms with Crippen LogP contribution in [-0.4, -0.2) is 20.7 Å². The van der Waals surface area contributed by atoms with E-state index in [2.05, 4.69) is 15.0 Å². The van der Waals surface area contributed by atoms with E-state index in [0.717, 1.165) is 17.8 Å². The zero-order valence-corrected chi connectivity index (χ0v) is 11.6. The number of hydrogen-bond donors (Lipinski definition) is 1. The van der Waals surface area contributed by atoms with Gasteiger partial charge in [0.25, 0.3) is 0 Å². The van der Waals surface area contributed by atoms with Gasteiger partial charge >= 0.3 is 0 Å². The summed E-state index contributed by atoms with van der Waals surface area (Å²) in [5.74, 6) is 0.265. The Bertz CT molecular complexity index is 563. The molecule has 0 bridgehead atoms. The van der Waals surface area contributed by atoms with Gasteiger partial charge in [-0.3, -0.25) is 4.98 Å². The Balaban J connectivity index is 2.36. The van der Waals surface area contributed by atoms with Gasteiger partial charge in [0.2, 0.25) is 0 Å². The molecule has 0 saturated heterocycles. The van der Waals surface area contributed by atoms with Gasteiger partial charge in [-0.25, -0.2) is 9.97 Å². The van der Waals surface area contributed by atoms with Crippen molar-refractivity contribution >= 4 is 17.3 Å². The van der Waals surface area contributed by atoms with Gasteiger partial charge in [-0.1, -0.05) is 24.6 Å². The summed E-state index contributed by atoms with van der Waals surface area (Å²) in [6.07, 6.45) is 2.50. The van der Waals surface area contributed by atoms with Crippen LogP contribution in [0.25, 0.3) is 0 Å². The fourth-order valence-corrected chi connectivity index (χ4v) is 2.19. The first-order chi connectivity index (χ1) is 9.11. The molecule has 2 heterocycles. The molecule has 0 aliphatic rings. The molecule has 0 spiro atoms. The van der Waals surface area contributed by atoms with Crippen LogP contribution in [0.15, 0.2) is 30.5 Å². The van der Waals surface area contributed by atoms with Crippen LogP contribution >= 0.6 is 11.6 Å². The quantitative estimate of drug-likeness (QED) is 0.686. The summed E-state index contributed by atoms with van der Waals surface area (Å²) in [6, 6.07) is 7.38. The molecular formula is C14H15ClN4. The van der Waals surface area contributed by atoms with Crippen molar-refractivity contribution in [3.8, 4) is 0 Å². The van der Waals surface area contributed by atoms with E-state index in [9.17, 15) is 0 Å². The van der Waals surface area contributed by atoms with Gasteiger partial charge < -0.3 is 5.41 Å². The van der Waals surface area contributed by atoms with Crippen molar-refractivity contribution in [2.45, 2.75) is 26.2 Å². The van der Waals surface area contributed by atoms with E-state index >= 15 is 0 Å². The summed E-state index contributed by atoms with van der Waals surface area (Å²) in [4.78, 5) is 12.7. The Morgan fingerprint density at radius 2 is 2.16 bits per heavy atom. The number of nitrogens with one attached hydrogen (secondary N) is 1. The average molecular weight is 275 g/mol. The Labute approximate surface area is 117 Å². The van der Waals surface area contributed by atoms with Crippen LogP contribution < -0.4 is 0 Å². The van der Waals surface area contributed by atoms with E-state index < -0.39 is 0 Å². The predicted octanol–water partition coefficient (Wildman–Crippen LogP) is 3.40. The summed E-state index contributed by atoms with van der Waals surface area (Å²) < 4.78 is 0. The van der Waals surface area contributed by atoms with Crippen LogP contribution in [0.4, 0.5) is 0 Å². The Hall–Kier alpha value is -1.81. The van der Waals surface area contributed by atoms with Gasteiger partial charge in [0.05, 0.1) is 5.71 Å². The molecule has 5 heteroatoms. The fourth-order valence-electron chi connectivity index (χ4n) is 1.95. The summed E-state index contributed by atoms with van der Waals surface area (Å²) in [6.45, 7) is 3.86. The Kier molecular flexibility index (Phi) is 4.22. The minimum atomic E-state index is -0.112. The molecule has 4 nitrogen and oxygen atoms in total. The molecule has 19 heavy (non-hydrogen) atoms. The van der Waals surface area contributed by atoms with E-state index in [1.54, 1.807) is 12.3 Å². The van der Waals surface area contributed by atoms with Crippen molar-refractivity contribution in [2.24, 2.45) is 0 Å². The third-order valence-corrected chi connectivity index (χ3v) is 3.06. The second kappa shape index (κ2) is 5.89. The monoisotopic (exact) mass is 274 g/mol. The maximum absolute atomic E-state index is 8.29. The first-order valence-electron chi connectivity index (χ1n) is 6.12.